The maximum atomic E-state index is 12.6. The topological polar surface area (TPSA) is 92.8 Å². The molecule has 0 radical (unpaired) electrons. The highest BCUT2D eigenvalue weighted by molar-refractivity contribution is 7.89. The van der Waals surface area contributed by atoms with Gasteiger partial charge in [-0.15, -0.1) is 0 Å². The summed E-state index contributed by atoms with van der Waals surface area (Å²) in [5.41, 5.74) is 0.725. The summed E-state index contributed by atoms with van der Waals surface area (Å²) in [5.74, 6) is -0.826. The molecule has 1 fully saturated rings. The summed E-state index contributed by atoms with van der Waals surface area (Å²) in [7, 11) is -3.23. The second kappa shape index (κ2) is 9.14. The molecule has 26 heavy (non-hydrogen) atoms. The van der Waals surface area contributed by atoms with E-state index in [1.54, 1.807) is 31.2 Å². The number of sulfonamides is 1. The largest absolute Gasteiger partial charge is 0.462 e. The molecule has 1 amide bonds. The highest BCUT2D eigenvalue weighted by Gasteiger charge is 2.31. The summed E-state index contributed by atoms with van der Waals surface area (Å²) in [6.07, 6.45) is 1.51. The van der Waals surface area contributed by atoms with Crippen LogP contribution in [-0.2, 0) is 19.6 Å². The third kappa shape index (κ3) is 5.04. The quantitative estimate of drug-likeness (QED) is 0.730. The Balaban J connectivity index is 1.99. The lowest BCUT2D eigenvalue weighted by Crippen LogP contribution is -2.42. The summed E-state index contributed by atoms with van der Waals surface area (Å²) >= 11 is 0. The minimum Gasteiger partial charge on any atom is -0.462 e. The van der Waals surface area contributed by atoms with Crippen LogP contribution in [0.25, 0.3) is 0 Å². The second-order valence-corrected chi connectivity index (χ2v) is 8.33. The third-order valence-corrected chi connectivity index (χ3v) is 6.44. The van der Waals surface area contributed by atoms with E-state index < -0.39 is 16.0 Å². The lowest BCUT2D eigenvalue weighted by atomic mass is 9.97. The summed E-state index contributed by atoms with van der Waals surface area (Å²) in [5, 5.41) is 2.79. The van der Waals surface area contributed by atoms with Crippen LogP contribution in [0.1, 0.15) is 43.5 Å². The molecule has 1 aromatic carbocycles. The Morgan fingerprint density at radius 2 is 1.85 bits per heavy atom. The van der Waals surface area contributed by atoms with Crippen LogP contribution in [0.3, 0.4) is 0 Å². The fourth-order valence-corrected chi connectivity index (χ4v) is 4.54. The van der Waals surface area contributed by atoms with Crippen molar-refractivity contribution in [2.24, 2.45) is 5.92 Å². The van der Waals surface area contributed by atoms with Crippen molar-refractivity contribution in [3.8, 4) is 0 Å². The van der Waals surface area contributed by atoms with Gasteiger partial charge in [-0.3, -0.25) is 4.79 Å². The maximum Gasteiger partial charge on any atom is 0.340 e. The number of amides is 1. The van der Waals surface area contributed by atoms with Gasteiger partial charge in [0.1, 0.15) is 0 Å². The molecule has 1 saturated heterocycles. The Hall–Kier alpha value is -1.93. The summed E-state index contributed by atoms with van der Waals surface area (Å²) < 4.78 is 30.7. The smallest absolute Gasteiger partial charge is 0.340 e. The van der Waals surface area contributed by atoms with Gasteiger partial charge in [0.05, 0.1) is 23.6 Å². The zero-order valence-corrected chi connectivity index (χ0v) is 16.0. The molecule has 1 aliphatic rings. The van der Waals surface area contributed by atoms with Gasteiger partial charge in [0, 0.05) is 19.0 Å². The van der Waals surface area contributed by atoms with Gasteiger partial charge in [-0.05, 0) is 38.3 Å². The van der Waals surface area contributed by atoms with Crippen molar-refractivity contribution in [1.29, 1.82) is 0 Å². The average Bonchev–Trinajstić information content (AvgIpc) is 2.62. The van der Waals surface area contributed by atoms with E-state index in [2.05, 4.69) is 5.32 Å². The van der Waals surface area contributed by atoms with Crippen LogP contribution in [0, 0.1) is 5.92 Å². The van der Waals surface area contributed by atoms with Crippen molar-refractivity contribution in [3.63, 3.8) is 0 Å². The Kier molecular flexibility index (Phi) is 7.16. The molecule has 0 aromatic heterocycles. The van der Waals surface area contributed by atoms with E-state index in [4.69, 9.17) is 4.74 Å². The number of hydrogen-bond acceptors (Lipinski definition) is 5. The van der Waals surface area contributed by atoms with Gasteiger partial charge in [-0.1, -0.05) is 19.1 Å². The number of para-hydroxylation sites is 1. The molecule has 1 aromatic rings. The second-order valence-electron chi connectivity index (χ2n) is 6.24. The number of piperidine rings is 1. The molecule has 1 heterocycles. The molecule has 8 heteroatoms. The van der Waals surface area contributed by atoms with Gasteiger partial charge in [-0.2, -0.15) is 0 Å². The Morgan fingerprint density at radius 1 is 1.19 bits per heavy atom. The first-order valence-electron chi connectivity index (χ1n) is 8.93. The van der Waals surface area contributed by atoms with E-state index in [9.17, 15) is 18.0 Å². The molecule has 0 spiro atoms. The van der Waals surface area contributed by atoms with Gasteiger partial charge in [0.2, 0.25) is 15.9 Å². The van der Waals surface area contributed by atoms with E-state index >= 15 is 0 Å². The fourth-order valence-electron chi connectivity index (χ4n) is 3.00. The summed E-state index contributed by atoms with van der Waals surface area (Å²) in [4.78, 5) is 24.5. The van der Waals surface area contributed by atoms with Crippen LogP contribution < -0.4 is 5.32 Å². The minimum absolute atomic E-state index is 0.136. The molecule has 0 unspecified atom stereocenters. The van der Waals surface area contributed by atoms with E-state index in [-0.39, 0.29) is 24.2 Å². The molecular weight excluding hydrogens is 356 g/mol. The lowest BCUT2D eigenvalue weighted by Gasteiger charge is -2.30. The van der Waals surface area contributed by atoms with Crippen molar-refractivity contribution in [1.82, 2.24) is 4.31 Å². The first kappa shape index (κ1) is 20.4. The lowest BCUT2D eigenvalue weighted by molar-refractivity contribution is -0.120. The molecule has 0 aliphatic carbocycles. The Bertz CT molecular complexity index is 740. The number of anilines is 1. The molecule has 1 N–H and O–H groups in total. The van der Waals surface area contributed by atoms with Crippen molar-refractivity contribution in [2.45, 2.75) is 33.1 Å². The van der Waals surface area contributed by atoms with Crippen LogP contribution >= 0.6 is 0 Å². The normalized spacial score (nSPS) is 16.2. The van der Waals surface area contributed by atoms with Gasteiger partial charge < -0.3 is 10.1 Å². The molecule has 7 nitrogen and oxygen atoms in total. The summed E-state index contributed by atoms with van der Waals surface area (Å²) in [6, 6.07) is 6.70. The highest BCUT2D eigenvalue weighted by atomic mass is 32.2. The number of ether oxygens (including phenoxy) is 1. The average molecular weight is 382 g/mol. The summed E-state index contributed by atoms with van der Waals surface area (Å²) in [6.45, 7) is 4.50. The van der Waals surface area contributed by atoms with Gasteiger partial charge >= 0.3 is 5.97 Å². The van der Waals surface area contributed by atoms with E-state index in [1.165, 1.54) is 4.31 Å². The van der Waals surface area contributed by atoms with Crippen molar-refractivity contribution in [2.75, 3.05) is 30.8 Å². The zero-order chi connectivity index (χ0) is 19.2. The van der Waals surface area contributed by atoms with Crippen LogP contribution in [-0.4, -0.2) is 50.0 Å². The first-order valence-corrected chi connectivity index (χ1v) is 10.5. The van der Waals surface area contributed by atoms with Gasteiger partial charge in [0.15, 0.2) is 0 Å². The standard InChI is InChI=1S/C18H26N2O5S/c1-3-13-26(23,24)20-11-9-14(10-12-20)17(21)19-16-8-6-5-7-15(16)18(22)25-4-2/h5-8,14H,3-4,9-13H2,1-2H3,(H,19,21). The number of carbonyl (C=O) groups is 2. The highest BCUT2D eigenvalue weighted by Crippen LogP contribution is 2.23. The first-order chi connectivity index (χ1) is 12.4. The molecule has 0 bridgehead atoms. The predicted molar refractivity (Wildman–Crippen MR) is 99.4 cm³/mol. The molecule has 0 saturated carbocycles. The zero-order valence-electron chi connectivity index (χ0n) is 15.2. The van der Waals surface area contributed by atoms with Crippen molar-refractivity contribution >= 4 is 27.6 Å². The number of nitrogens with zero attached hydrogens (tertiary/aromatic N) is 1. The van der Waals surface area contributed by atoms with Crippen LogP contribution in [0.4, 0.5) is 5.69 Å². The molecule has 1 aliphatic heterocycles. The monoisotopic (exact) mass is 382 g/mol. The molecular formula is C18H26N2O5S. The van der Waals surface area contributed by atoms with Gasteiger partial charge in [-0.25, -0.2) is 17.5 Å². The van der Waals surface area contributed by atoms with E-state index in [1.807, 2.05) is 6.92 Å². The molecule has 144 valence electrons. The number of carbonyl (C=O) groups excluding carboxylic acids is 2. The number of rotatable bonds is 7. The maximum absolute atomic E-state index is 12.6. The van der Waals surface area contributed by atoms with Crippen molar-refractivity contribution < 1.29 is 22.7 Å². The third-order valence-electron chi connectivity index (χ3n) is 4.36. The van der Waals surface area contributed by atoms with Crippen molar-refractivity contribution in [3.05, 3.63) is 29.8 Å². The van der Waals surface area contributed by atoms with Gasteiger partial charge in [0.25, 0.3) is 0 Å². The Morgan fingerprint density at radius 3 is 2.46 bits per heavy atom. The minimum atomic E-state index is -3.23. The van der Waals surface area contributed by atoms with E-state index in [0.717, 1.165) is 0 Å². The Labute approximate surface area is 154 Å². The van der Waals surface area contributed by atoms with Crippen LogP contribution in [0.15, 0.2) is 24.3 Å². The fraction of sp³-hybridized carbons (Fsp3) is 0.556. The predicted octanol–water partition coefficient (Wildman–Crippen LogP) is 2.25. The number of benzene rings is 1. The molecule has 0 atom stereocenters. The number of nitrogens with one attached hydrogen (secondary N) is 1. The number of hydrogen-bond donors (Lipinski definition) is 1. The SMILES string of the molecule is CCCS(=O)(=O)N1CCC(C(=O)Nc2ccccc2C(=O)OCC)CC1. The molecule has 2 rings (SSSR count). The van der Waals surface area contributed by atoms with Crippen LogP contribution in [0.2, 0.25) is 0 Å². The number of esters is 1. The van der Waals surface area contributed by atoms with Crippen LogP contribution in [0.5, 0.6) is 0 Å². The van der Waals surface area contributed by atoms with E-state index in [0.29, 0.717) is 43.6 Å².